The van der Waals surface area contributed by atoms with Crippen LogP contribution in [0.1, 0.15) is 0 Å². The van der Waals surface area contributed by atoms with Crippen molar-refractivity contribution in [2.45, 2.75) is 12.2 Å². The highest BCUT2D eigenvalue weighted by molar-refractivity contribution is 5.97. The number of halogens is 5. The summed E-state index contributed by atoms with van der Waals surface area (Å²) < 4.78 is 41.3. The number of hydrogen-bond acceptors (Lipinski definition) is 4. The zero-order chi connectivity index (χ0) is 15.2. The maximum Gasteiger partial charge on any atom is 0.405 e. The van der Waals surface area contributed by atoms with Crippen molar-refractivity contribution in [2.24, 2.45) is 5.73 Å². The molecule has 1 aromatic rings. The van der Waals surface area contributed by atoms with Crippen LogP contribution in [0.5, 0.6) is 0 Å². The Hall–Kier alpha value is -1.22. The van der Waals surface area contributed by atoms with E-state index in [9.17, 15) is 18.0 Å². The number of carbonyl (C=O) groups excluding carboxylic acids is 1. The first-order valence-electron chi connectivity index (χ1n) is 5.78. The molecule has 10 heteroatoms. The van der Waals surface area contributed by atoms with Gasteiger partial charge < -0.3 is 21.1 Å². The summed E-state index contributed by atoms with van der Waals surface area (Å²) in [6.45, 7) is -1.17. The van der Waals surface area contributed by atoms with Crippen LogP contribution in [0.3, 0.4) is 0 Å². The first-order chi connectivity index (χ1) is 9.33. The number of carbonyl (C=O) groups is 1. The molecule has 0 aliphatic rings. The molecule has 0 fully saturated rings. The Morgan fingerprint density at radius 1 is 1.27 bits per heavy atom. The predicted octanol–water partition coefficient (Wildman–Crippen LogP) is 2.42. The van der Waals surface area contributed by atoms with Gasteiger partial charge in [-0.05, 0) is 12.1 Å². The average Bonchev–Trinajstić information content (AvgIpc) is 2.37. The van der Waals surface area contributed by atoms with Gasteiger partial charge in [-0.15, -0.1) is 24.8 Å². The fourth-order valence-electron chi connectivity index (χ4n) is 1.42. The van der Waals surface area contributed by atoms with Crippen LogP contribution in [0.4, 0.5) is 24.5 Å². The van der Waals surface area contributed by atoms with Gasteiger partial charge in [-0.2, -0.15) is 13.2 Å². The van der Waals surface area contributed by atoms with E-state index in [1.54, 1.807) is 12.1 Å². The van der Waals surface area contributed by atoms with Crippen molar-refractivity contribution in [2.75, 3.05) is 30.9 Å². The summed E-state index contributed by atoms with van der Waals surface area (Å²) in [6.07, 6.45) is -4.34. The third kappa shape index (κ3) is 8.28. The van der Waals surface area contributed by atoms with E-state index in [4.69, 9.17) is 10.5 Å². The van der Waals surface area contributed by atoms with Crippen LogP contribution in [-0.4, -0.2) is 38.4 Å². The second kappa shape index (κ2) is 10.5. The van der Waals surface area contributed by atoms with Crippen molar-refractivity contribution in [3.8, 4) is 0 Å². The topological polar surface area (TPSA) is 76.4 Å². The lowest BCUT2D eigenvalue weighted by atomic mass is 10.2. The number of nitrogens with two attached hydrogens (primary N) is 1. The molecule has 4 N–H and O–H groups in total. The van der Waals surface area contributed by atoms with Gasteiger partial charge in [0.2, 0.25) is 5.91 Å². The van der Waals surface area contributed by atoms with E-state index in [-0.39, 0.29) is 42.8 Å². The number of ether oxygens (including phenoxy) is 1. The zero-order valence-corrected chi connectivity index (χ0v) is 13.3. The van der Waals surface area contributed by atoms with Gasteiger partial charge in [0, 0.05) is 7.11 Å². The van der Waals surface area contributed by atoms with Crippen molar-refractivity contribution in [1.29, 1.82) is 0 Å². The number of amides is 1. The molecule has 0 bridgehead atoms. The minimum atomic E-state index is -4.34. The molecule has 0 saturated heterocycles. The van der Waals surface area contributed by atoms with Gasteiger partial charge in [-0.1, -0.05) is 12.1 Å². The maximum atomic E-state index is 12.2. The number of methoxy groups -OCH3 is 1. The molecule has 22 heavy (non-hydrogen) atoms. The van der Waals surface area contributed by atoms with E-state index in [1.165, 1.54) is 19.2 Å². The molecule has 0 aliphatic heterocycles. The molecule has 1 aromatic carbocycles. The molecule has 0 saturated carbocycles. The molecule has 0 aliphatic carbocycles. The van der Waals surface area contributed by atoms with Gasteiger partial charge in [0.05, 0.1) is 18.0 Å². The predicted molar refractivity (Wildman–Crippen MR) is 84.0 cm³/mol. The van der Waals surface area contributed by atoms with Crippen LogP contribution in [0.15, 0.2) is 24.3 Å². The molecule has 0 spiro atoms. The molecular formula is C12H18Cl2F3N3O2. The molecule has 0 radical (unpaired) electrons. The number of alkyl halides is 3. The summed E-state index contributed by atoms with van der Waals surface area (Å²) in [6, 6.07) is 5.18. The smallest absolute Gasteiger partial charge is 0.383 e. The van der Waals surface area contributed by atoms with Gasteiger partial charge in [-0.3, -0.25) is 4.79 Å². The fourth-order valence-corrected chi connectivity index (χ4v) is 1.42. The number of anilines is 2. The highest BCUT2D eigenvalue weighted by Gasteiger charge is 2.27. The Balaban J connectivity index is 0. The molecule has 5 nitrogen and oxygen atoms in total. The third-order valence-electron chi connectivity index (χ3n) is 2.35. The van der Waals surface area contributed by atoms with Crippen molar-refractivity contribution < 1.29 is 22.7 Å². The monoisotopic (exact) mass is 363 g/mol. The molecule has 1 atom stereocenters. The largest absolute Gasteiger partial charge is 0.405 e. The lowest BCUT2D eigenvalue weighted by Crippen LogP contribution is -2.39. The van der Waals surface area contributed by atoms with Gasteiger partial charge in [0.1, 0.15) is 12.6 Å². The standard InChI is InChI=1S/C12H16F3N3O2.2ClH/c1-20-6-8(16)11(19)18-10-5-3-2-4-9(10)17-7-12(13,14)15;;/h2-5,8,17H,6-7,16H2,1H3,(H,18,19);2*1H. The van der Waals surface area contributed by atoms with Crippen LogP contribution in [0, 0.1) is 0 Å². The summed E-state index contributed by atoms with van der Waals surface area (Å²) >= 11 is 0. The lowest BCUT2D eigenvalue weighted by Gasteiger charge is -2.16. The Kier molecular flexibility index (Phi) is 11.0. The van der Waals surface area contributed by atoms with E-state index < -0.39 is 24.7 Å². The lowest BCUT2D eigenvalue weighted by molar-refractivity contribution is -0.118. The normalized spacial score (nSPS) is 11.7. The Morgan fingerprint density at radius 3 is 2.32 bits per heavy atom. The number of nitrogens with one attached hydrogen (secondary N) is 2. The second-order valence-electron chi connectivity index (χ2n) is 4.07. The number of para-hydroxylation sites is 2. The first-order valence-corrected chi connectivity index (χ1v) is 5.78. The van der Waals surface area contributed by atoms with Crippen LogP contribution < -0.4 is 16.4 Å². The Bertz CT molecular complexity index is 461. The minimum Gasteiger partial charge on any atom is -0.383 e. The number of rotatable bonds is 6. The Labute approximate surface area is 138 Å². The third-order valence-corrected chi connectivity index (χ3v) is 2.35. The van der Waals surface area contributed by atoms with Gasteiger partial charge in [0.25, 0.3) is 0 Å². The summed E-state index contributed by atoms with van der Waals surface area (Å²) in [4.78, 5) is 11.7. The number of benzene rings is 1. The summed E-state index contributed by atoms with van der Waals surface area (Å²) in [5, 5.41) is 4.68. The minimum absolute atomic E-state index is 0. The molecule has 1 unspecified atom stereocenters. The van der Waals surface area contributed by atoms with E-state index in [0.717, 1.165) is 0 Å². The molecule has 1 amide bonds. The Morgan fingerprint density at radius 2 is 1.82 bits per heavy atom. The van der Waals surface area contributed by atoms with Crippen molar-refractivity contribution in [3.63, 3.8) is 0 Å². The molecule has 128 valence electrons. The van der Waals surface area contributed by atoms with Crippen molar-refractivity contribution >= 4 is 42.1 Å². The first kappa shape index (κ1) is 23.1. The quantitative estimate of drug-likeness (QED) is 0.725. The van der Waals surface area contributed by atoms with Gasteiger partial charge in [-0.25, -0.2) is 0 Å². The van der Waals surface area contributed by atoms with Crippen molar-refractivity contribution in [3.05, 3.63) is 24.3 Å². The second-order valence-corrected chi connectivity index (χ2v) is 4.07. The molecule has 0 heterocycles. The van der Waals surface area contributed by atoms with E-state index in [0.29, 0.717) is 0 Å². The molecule has 0 aromatic heterocycles. The van der Waals surface area contributed by atoms with Crippen LogP contribution in [0.2, 0.25) is 0 Å². The van der Waals surface area contributed by atoms with Gasteiger partial charge in [0.15, 0.2) is 0 Å². The summed E-state index contributed by atoms with van der Waals surface area (Å²) in [5.41, 5.74) is 5.93. The van der Waals surface area contributed by atoms with Gasteiger partial charge >= 0.3 is 6.18 Å². The van der Waals surface area contributed by atoms with E-state index >= 15 is 0 Å². The van der Waals surface area contributed by atoms with E-state index in [2.05, 4.69) is 10.6 Å². The maximum absolute atomic E-state index is 12.2. The van der Waals surface area contributed by atoms with Crippen LogP contribution in [-0.2, 0) is 9.53 Å². The summed E-state index contributed by atoms with van der Waals surface area (Å²) in [5.74, 6) is -0.534. The van der Waals surface area contributed by atoms with E-state index in [1.807, 2.05) is 0 Å². The van der Waals surface area contributed by atoms with Crippen molar-refractivity contribution in [1.82, 2.24) is 0 Å². The average molecular weight is 364 g/mol. The highest BCUT2D eigenvalue weighted by atomic mass is 35.5. The SMILES string of the molecule is COCC(N)C(=O)Nc1ccccc1NCC(F)(F)F.Cl.Cl. The molecular weight excluding hydrogens is 346 g/mol. The fraction of sp³-hybridized carbons (Fsp3) is 0.417. The highest BCUT2D eigenvalue weighted by Crippen LogP contribution is 2.23. The summed E-state index contributed by atoms with van der Waals surface area (Å²) in [7, 11) is 1.39. The number of hydrogen-bond donors (Lipinski definition) is 3. The molecule has 1 rings (SSSR count). The van der Waals surface area contributed by atoms with Crippen LogP contribution in [0.25, 0.3) is 0 Å². The van der Waals surface area contributed by atoms with Crippen LogP contribution >= 0.6 is 24.8 Å². The zero-order valence-electron chi connectivity index (χ0n) is 11.6.